The minimum absolute atomic E-state index is 0.360. The molecule has 0 saturated carbocycles. The molecule has 1 aromatic carbocycles. The molecule has 2 rings (SSSR count). The maximum Gasteiger partial charge on any atom is 0.214 e. The number of halogens is 1. The summed E-state index contributed by atoms with van der Waals surface area (Å²) in [6, 6.07) is 4.23. The molecule has 0 radical (unpaired) electrons. The SMILES string of the molecule is CN=C(NCc1ccc(O)c(F)c1)NCc1nc(C)c(C)o1. The van der Waals surface area contributed by atoms with Crippen LogP contribution in [-0.4, -0.2) is 23.1 Å². The minimum Gasteiger partial charge on any atom is -0.505 e. The van der Waals surface area contributed by atoms with Crippen LogP contribution < -0.4 is 10.6 Å². The van der Waals surface area contributed by atoms with Crippen LogP contribution >= 0.6 is 0 Å². The Morgan fingerprint density at radius 3 is 2.64 bits per heavy atom. The monoisotopic (exact) mass is 306 g/mol. The number of oxazole rings is 1. The normalized spacial score (nSPS) is 11.5. The largest absolute Gasteiger partial charge is 0.505 e. The number of benzene rings is 1. The van der Waals surface area contributed by atoms with Crippen LogP contribution in [0.2, 0.25) is 0 Å². The number of aryl methyl sites for hydroxylation is 2. The van der Waals surface area contributed by atoms with E-state index in [0.29, 0.717) is 30.5 Å². The topological polar surface area (TPSA) is 82.7 Å². The van der Waals surface area contributed by atoms with Crippen molar-refractivity contribution in [3.63, 3.8) is 0 Å². The van der Waals surface area contributed by atoms with Gasteiger partial charge in [-0.25, -0.2) is 9.37 Å². The number of rotatable bonds is 4. The quantitative estimate of drug-likeness (QED) is 0.594. The molecule has 0 atom stereocenters. The Kier molecular flexibility index (Phi) is 4.98. The van der Waals surface area contributed by atoms with Crippen LogP contribution in [0.25, 0.3) is 0 Å². The highest BCUT2D eigenvalue weighted by Gasteiger charge is 2.07. The average Bonchev–Trinajstić information content (AvgIpc) is 2.81. The third-order valence-corrected chi connectivity index (χ3v) is 3.18. The van der Waals surface area contributed by atoms with Crippen LogP contribution in [0.15, 0.2) is 27.6 Å². The second-order valence-corrected chi connectivity index (χ2v) is 4.81. The van der Waals surface area contributed by atoms with E-state index in [1.165, 1.54) is 12.1 Å². The molecular formula is C15H19FN4O2. The number of nitrogens with zero attached hydrogens (tertiary/aromatic N) is 2. The van der Waals surface area contributed by atoms with Crippen molar-refractivity contribution in [2.24, 2.45) is 4.99 Å². The molecule has 0 amide bonds. The lowest BCUT2D eigenvalue weighted by molar-refractivity contribution is 0.431. The first-order valence-corrected chi connectivity index (χ1v) is 6.84. The molecule has 0 bridgehead atoms. The second-order valence-electron chi connectivity index (χ2n) is 4.81. The number of nitrogens with one attached hydrogen (secondary N) is 2. The van der Waals surface area contributed by atoms with Crippen molar-refractivity contribution in [1.82, 2.24) is 15.6 Å². The summed E-state index contributed by atoms with van der Waals surface area (Å²) in [7, 11) is 1.64. The second kappa shape index (κ2) is 6.93. The zero-order valence-electron chi connectivity index (χ0n) is 12.8. The molecule has 0 fully saturated rings. The Bertz CT molecular complexity index is 663. The number of guanidine groups is 1. The Hall–Kier alpha value is -2.57. The van der Waals surface area contributed by atoms with Crippen LogP contribution in [0.5, 0.6) is 5.75 Å². The summed E-state index contributed by atoms with van der Waals surface area (Å²) in [6.07, 6.45) is 0. The van der Waals surface area contributed by atoms with Gasteiger partial charge in [-0.3, -0.25) is 4.99 Å². The molecule has 118 valence electrons. The number of hydrogen-bond acceptors (Lipinski definition) is 4. The van der Waals surface area contributed by atoms with E-state index in [0.717, 1.165) is 11.5 Å². The fourth-order valence-corrected chi connectivity index (χ4v) is 1.84. The Balaban J connectivity index is 1.88. The smallest absolute Gasteiger partial charge is 0.214 e. The fraction of sp³-hybridized carbons (Fsp3) is 0.333. The Morgan fingerprint density at radius 1 is 1.32 bits per heavy atom. The van der Waals surface area contributed by atoms with E-state index in [9.17, 15) is 4.39 Å². The van der Waals surface area contributed by atoms with Gasteiger partial charge in [0.15, 0.2) is 17.5 Å². The first-order chi connectivity index (χ1) is 10.5. The van der Waals surface area contributed by atoms with Crippen molar-refractivity contribution in [3.05, 3.63) is 46.9 Å². The molecule has 0 aliphatic heterocycles. The standard InChI is InChI=1S/C15H19FN4O2/c1-9-10(2)22-14(20-9)8-19-15(17-3)18-7-11-4-5-13(21)12(16)6-11/h4-6,21H,7-8H2,1-3H3,(H2,17,18,19). The van der Waals surface area contributed by atoms with E-state index in [1.54, 1.807) is 13.1 Å². The predicted octanol–water partition coefficient (Wildman–Crippen LogP) is 2.00. The molecule has 0 unspecified atom stereocenters. The van der Waals surface area contributed by atoms with Crippen LogP contribution in [0.1, 0.15) is 22.9 Å². The summed E-state index contributed by atoms with van der Waals surface area (Å²) in [6.45, 7) is 4.52. The summed E-state index contributed by atoms with van der Waals surface area (Å²) in [5.41, 5.74) is 1.56. The van der Waals surface area contributed by atoms with Crippen LogP contribution in [0.3, 0.4) is 0 Å². The lowest BCUT2D eigenvalue weighted by Crippen LogP contribution is -2.36. The van der Waals surface area contributed by atoms with Crippen molar-refractivity contribution in [2.45, 2.75) is 26.9 Å². The highest BCUT2D eigenvalue weighted by atomic mass is 19.1. The van der Waals surface area contributed by atoms with Crippen LogP contribution in [0, 0.1) is 19.7 Å². The van der Waals surface area contributed by atoms with Gasteiger partial charge in [-0.2, -0.15) is 0 Å². The molecule has 0 aliphatic rings. The van der Waals surface area contributed by atoms with Crippen LogP contribution in [-0.2, 0) is 13.1 Å². The number of phenolic OH excluding ortho intramolecular Hbond substituents is 1. The molecule has 0 saturated heterocycles. The molecule has 1 aromatic heterocycles. The summed E-state index contributed by atoms with van der Waals surface area (Å²) in [5.74, 6) is 0.906. The van der Waals surface area contributed by atoms with Gasteiger partial charge in [-0.1, -0.05) is 6.07 Å². The van der Waals surface area contributed by atoms with Gasteiger partial charge in [0.25, 0.3) is 0 Å². The Labute approximate surface area is 128 Å². The fourth-order valence-electron chi connectivity index (χ4n) is 1.84. The molecule has 1 heterocycles. The summed E-state index contributed by atoms with van der Waals surface area (Å²) in [5, 5.41) is 15.3. The van der Waals surface area contributed by atoms with Gasteiger partial charge in [0.1, 0.15) is 5.76 Å². The average molecular weight is 306 g/mol. The summed E-state index contributed by atoms with van der Waals surface area (Å²) >= 11 is 0. The van der Waals surface area contributed by atoms with Crippen LogP contribution in [0.4, 0.5) is 4.39 Å². The predicted molar refractivity (Wildman–Crippen MR) is 81.1 cm³/mol. The zero-order valence-corrected chi connectivity index (χ0v) is 12.8. The molecule has 3 N–H and O–H groups in total. The minimum atomic E-state index is -0.645. The van der Waals surface area contributed by atoms with E-state index in [-0.39, 0.29) is 5.75 Å². The van der Waals surface area contributed by atoms with Crippen molar-refractivity contribution in [2.75, 3.05) is 7.05 Å². The van der Waals surface area contributed by atoms with Crippen molar-refractivity contribution in [3.8, 4) is 5.75 Å². The number of hydrogen-bond donors (Lipinski definition) is 3. The van der Waals surface area contributed by atoms with Gasteiger partial charge < -0.3 is 20.2 Å². The highest BCUT2D eigenvalue weighted by Crippen LogP contribution is 2.15. The number of phenols is 1. The van der Waals surface area contributed by atoms with Crippen molar-refractivity contribution >= 4 is 5.96 Å². The molecule has 7 heteroatoms. The Morgan fingerprint density at radius 2 is 2.05 bits per heavy atom. The van der Waals surface area contributed by atoms with Gasteiger partial charge in [0.2, 0.25) is 5.89 Å². The van der Waals surface area contributed by atoms with Gasteiger partial charge in [-0.15, -0.1) is 0 Å². The van der Waals surface area contributed by atoms with Gasteiger partial charge in [0.05, 0.1) is 12.2 Å². The maximum absolute atomic E-state index is 13.3. The van der Waals surface area contributed by atoms with E-state index < -0.39 is 5.82 Å². The molecule has 2 aromatic rings. The van der Waals surface area contributed by atoms with Crippen molar-refractivity contribution in [1.29, 1.82) is 0 Å². The maximum atomic E-state index is 13.3. The summed E-state index contributed by atoms with van der Waals surface area (Å²) in [4.78, 5) is 8.34. The molecule has 6 nitrogen and oxygen atoms in total. The molecule has 0 aliphatic carbocycles. The van der Waals surface area contributed by atoms with Gasteiger partial charge in [-0.05, 0) is 31.5 Å². The van der Waals surface area contributed by atoms with Gasteiger partial charge >= 0.3 is 0 Å². The lowest BCUT2D eigenvalue weighted by Gasteiger charge is -2.11. The third-order valence-electron chi connectivity index (χ3n) is 3.18. The van der Waals surface area contributed by atoms with E-state index >= 15 is 0 Å². The van der Waals surface area contributed by atoms with E-state index in [2.05, 4.69) is 20.6 Å². The zero-order chi connectivity index (χ0) is 16.1. The first-order valence-electron chi connectivity index (χ1n) is 6.84. The van der Waals surface area contributed by atoms with E-state index in [1.807, 2.05) is 13.8 Å². The van der Waals surface area contributed by atoms with Gasteiger partial charge in [0, 0.05) is 13.6 Å². The molecule has 22 heavy (non-hydrogen) atoms. The number of aromatic nitrogens is 1. The number of aliphatic imine (C=N–C) groups is 1. The highest BCUT2D eigenvalue weighted by molar-refractivity contribution is 5.79. The van der Waals surface area contributed by atoms with Crippen molar-refractivity contribution < 1.29 is 13.9 Å². The summed E-state index contributed by atoms with van der Waals surface area (Å²) < 4.78 is 18.7. The first kappa shape index (κ1) is 15.8. The molecular weight excluding hydrogens is 287 g/mol. The number of aromatic hydroxyl groups is 1. The third kappa shape index (κ3) is 3.97. The van der Waals surface area contributed by atoms with E-state index in [4.69, 9.17) is 9.52 Å². The lowest BCUT2D eigenvalue weighted by atomic mass is 10.2. The molecule has 0 spiro atoms.